The van der Waals surface area contributed by atoms with Gasteiger partial charge in [-0.2, -0.15) is 13.2 Å². The van der Waals surface area contributed by atoms with Gasteiger partial charge in [0.1, 0.15) is 11.6 Å². The third-order valence-corrected chi connectivity index (χ3v) is 4.21. The van der Waals surface area contributed by atoms with Gasteiger partial charge in [0.15, 0.2) is 11.4 Å². The van der Waals surface area contributed by atoms with E-state index < -0.39 is 29.3 Å². The third-order valence-electron chi connectivity index (χ3n) is 4.21. The largest absolute Gasteiger partial charge is 0.494 e. The van der Waals surface area contributed by atoms with Gasteiger partial charge >= 0.3 is 6.18 Å². The summed E-state index contributed by atoms with van der Waals surface area (Å²) in [5.41, 5.74) is -2.20. The van der Waals surface area contributed by atoms with Gasteiger partial charge in [-0.3, -0.25) is 4.79 Å². The highest BCUT2D eigenvalue weighted by Gasteiger charge is 2.42. The summed E-state index contributed by atoms with van der Waals surface area (Å²) < 4.78 is 60.1. The summed E-state index contributed by atoms with van der Waals surface area (Å²) in [6.07, 6.45) is -4.48. The Morgan fingerprint density at radius 1 is 1.10 bits per heavy atom. The highest BCUT2D eigenvalue weighted by atomic mass is 19.4. The molecule has 0 saturated carbocycles. The SMILES string of the molecule is CN(CCCOc1ccccc1)C(=O)c1nnn(-c2ccc(F)cc2)c1C(F)(F)F. The van der Waals surface area contributed by atoms with E-state index >= 15 is 0 Å². The van der Waals surface area contributed by atoms with E-state index in [1.165, 1.54) is 7.05 Å². The molecule has 0 spiro atoms. The van der Waals surface area contributed by atoms with Crippen LogP contribution >= 0.6 is 0 Å². The molecule has 3 rings (SSSR count). The molecule has 1 amide bonds. The van der Waals surface area contributed by atoms with Crippen LogP contribution in [0.25, 0.3) is 5.69 Å². The van der Waals surface area contributed by atoms with Crippen LogP contribution in [-0.2, 0) is 6.18 Å². The summed E-state index contributed by atoms with van der Waals surface area (Å²) in [4.78, 5) is 13.7. The summed E-state index contributed by atoms with van der Waals surface area (Å²) in [5, 5.41) is 6.93. The standard InChI is InChI=1S/C20H18F4N4O2/c1-27(12-5-13-30-16-6-3-2-4-7-16)19(29)17-18(20(22,23)24)28(26-25-17)15-10-8-14(21)9-11-15/h2-4,6-11H,5,12-13H2,1H3. The van der Waals surface area contributed by atoms with Crippen LogP contribution in [0.5, 0.6) is 5.75 Å². The molecule has 0 radical (unpaired) electrons. The van der Waals surface area contributed by atoms with E-state index in [1.807, 2.05) is 18.2 Å². The molecule has 1 heterocycles. The minimum atomic E-state index is -4.89. The highest BCUT2D eigenvalue weighted by Crippen LogP contribution is 2.33. The zero-order valence-electron chi connectivity index (χ0n) is 15.9. The Morgan fingerprint density at radius 3 is 2.40 bits per heavy atom. The number of aromatic nitrogens is 3. The van der Waals surface area contributed by atoms with Crippen LogP contribution in [0, 0.1) is 5.82 Å². The first-order valence-electron chi connectivity index (χ1n) is 8.99. The maximum atomic E-state index is 13.7. The number of amides is 1. The second-order valence-electron chi connectivity index (χ2n) is 6.41. The van der Waals surface area contributed by atoms with E-state index in [1.54, 1.807) is 12.1 Å². The number of hydrogen-bond donors (Lipinski definition) is 0. The summed E-state index contributed by atoms with van der Waals surface area (Å²) in [6.45, 7) is 0.447. The maximum absolute atomic E-state index is 13.7. The predicted octanol–water partition coefficient (Wildman–Crippen LogP) is 3.97. The van der Waals surface area contributed by atoms with Crippen LogP contribution in [0.1, 0.15) is 22.6 Å². The lowest BCUT2D eigenvalue weighted by molar-refractivity contribution is -0.143. The van der Waals surface area contributed by atoms with Crippen LogP contribution in [-0.4, -0.2) is 46.0 Å². The molecule has 0 aliphatic heterocycles. The number of carbonyl (C=O) groups excluding carboxylic acids is 1. The highest BCUT2D eigenvalue weighted by molar-refractivity contribution is 5.93. The Labute approximate surface area is 169 Å². The van der Waals surface area contributed by atoms with Crippen molar-refractivity contribution in [3.8, 4) is 11.4 Å². The van der Waals surface area contributed by atoms with Gasteiger partial charge in [-0.15, -0.1) is 5.10 Å². The molecule has 3 aromatic rings. The van der Waals surface area contributed by atoms with Crippen molar-refractivity contribution in [3.05, 3.63) is 71.8 Å². The lowest BCUT2D eigenvalue weighted by atomic mass is 10.2. The number of nitrogens with zero attached hydrogens (tertiary/aromatic N) is 4. The molecule has 0 unspecified atom stereocenters. The van der Waals surface area contributed by atoms with Gasteiger partial charge in [0.2, 0.25) is 0 Å². The number of benzene rings is 2. The van der Waals surface area contributed by atoms with Gasteiger partial charge in [-0.25, -0.2) is 9.07 Å². The topological polar surface area (TPSA) is 60.2 Å². The molecule has 10 heteroatoms. The number of hydrogen-bond acceptors (Lipinski definition) is 4. The average Bonchev–Trinajstić information content (AvgIpc) is 3.17. The Kier molecular flexibility index (Phi) is 6.34. The average molecular weight is 422 g/mol. The van der Waals surface area contributed by atoms with Crippen molar-refractivity contribution in [2.45, 2.75) is 12.6 Å². The summed E-state index contributed by atoms with van der Waals surface area (Å²) in [6, 6.07) is 13.3. The lowest BCUT2D eigenvalue weighted by Gasteiger charge is -2.17. The molecule has 0 aliphatic rings. The monoisotopic (exact) mass is 422 g/mol. The summed E-state index contributed by atoms with van der Waals surface area (Å²) >= 11 is 0. The van der Waals surface area contributed by atoms with Gasteiger partial charge in [0.05, 0.1) is 12.3 Å². The molecule has 0 N–H and O–H groups in total. The first kappa shape index (κ1) is 21.3. The number of para-hydroxylation sites is 1. The molecule has 0 saturated heterocycles. The summed E-state index contributed by atoms with van der Waals surface area (Å²) in [7, 11) is 1.38. The van der Waals surface area contributed by atoms with Gasteiger partial charge in [-0.05, 0) is 42.8 Å². The fourth-order valence-electron chi connectivity index (χ4n) is 2.73. The second-order valence-corrected chi connectivity index (χ2v) is 6.41. The van der Waals surface area contributed by atoms with Crippen molar-refractivity contribution >= 4 is 5.91 Å². The third kappa shape index (κ3) is 4.94. The molecule has 1 aromatic heterocycles. The van der Waals surface area contributed by atoms with Crippen LogP contribution in [0.15, 0.2) is 54.6 Å². The smallest absolute Gasteiger partial charge is 0.435 e. The van der Waals surface area contributed by atoms with Crippen molar-refractivity contribution in [3.63, 3.8) is 0 Å². The second kappa shape index (κ2) is 8.93. The minimum absolute atomic E-state index is 0.0609. The van der Waals surface area contributed by atoms with Gasteiger partial charge in [0, 0.05) is 13.6 Å². The van der Waals surface area contributed by atoms with E-state index in [0.29, 0.717) is 16.9 Å². The zero-order chi connectivity index (χ0) is 21.7. The van der Waals surface area contributed by atoms with Crippen LogP contribution in [0.3, 0.4) is 0 Å². The van der Waals surface area contributed by atoms with Crippen LogP contribution < -0.4 is 4.74 Å². The quantitative estimate of drug-likeness (QED) is 0.427. The van der Waals surface area contributed by atoms with Crippen molar-refractivity contribution in [2.24, 2.45) is 0 Å². The first-order valence-corrected chi connectivity index (χ1v) is 8.99. The molecule has 0 atom stereocenters. The van der Waals surface area contributed by atoms with Gasteiger partial charge < -0.3 is 9.64 Å². The normalized spacial score (nSPS) is 11.4. The number of ether oxygens (including phenoxy) is 1. The van der Waals surface area contributed by atoms with Crippen molar-refractivity contribution in [1.82, 2.24) is 19.9 Å². The van der Waals surface area contributed by atoms with Crippen LogP contribution in [0.4, 0.5) is 17.6 Å². The Balaban J connectivity index is 1.72. The van der Waals surface area contributed by atoms with Crippen molar-refractivity contribution in [1.29, 1.82) is 0 Å². The number of rotatable bonds is 7. The number of carbonyl (C=O) groups is 1. The molecular weight excluding hydrogens is 404 g/mol. The molecular formula is C20H18F4N4O2. The minimum Gasteiger partial charge on any atom is -0.494 e. The maximum Gasteiger partial charge on any atom is 0.435 e. The Hall–Kier alpha value is -3.43. The van der Waals surface area contributed by atoms with E-state index in [9.17, 15) is 22.4 Å². The molecule has 6 nitrogen and oxygen atoms in total. The first-order chi connectivity index (χ1) is 14.3. The Morgan fingerprint density at radius 2 is 1.77 bits per heavy atom. The fraction of sp³-hybridized carbons (Fsp3) is 0.250. The molecule has 158 valence electrons. The lowest BCUT2D eigenvalue weighted by Crippen LogP contribution is -2.31. The van der Waals surface area contributed by atoms with Crippen molar-refractivity contribution in [2.75, 3.05) is 20.2 Å². The predicted molar refractivity (Wildman–Crippen MR) is 99.8 cm³/mol. The number of halogens is 4. The van der Waals surface area contributed by atoms with Gasteiger partial charge in [0.25, 0.3) is 5.91 Å². The molecule has 0 bridgehead atoms. The summed E-state index contributed by atoms with van der Waals surface area (Å²) in [5.74, 6) is -0.871. The van der Waals surface area contributed by atoms with E-state index in [-0.39, 0.29) is 18.8 Å². The number of alkyl halides is 3. The zero-order valence-corrected chi connectivity index (χ0v) is 15.9. The van der Waals surface area contributed by atoms with E-state index in [2.05, 4.69) is 10.3 Å². The van der Waals surface area contributed by atoms with E-state index in [0.717, 1.165) is 29.2 Å². The Bertz CT molecular complexity index is 988. The fourth-order valence-corrected chi connectivity index (χ4v) is 2.73. The molecule has 2 aromatic carbocycles. The van der Waals surface area contributed by atoms with Crippen LogP contribution in [0.2, 0.25) is 0 Å². The molecule has 0 aliphatic carbocycles. The molecule has 30 heavy (non-hydrogen) atoms. The van der Waals surface area contributed by atoms with Gasteiger partial charge in [-0.1, -0.05) is 23.4 Å². The van der Waals surface area contributed by atoms with Crippen molar-refractivity contribution < 1.29 is 27.1 Å². The van der Waals surface area contributed by atoms with E-state index in [4.69, 9.17) is 4.74 Å². The molecule has 0 fully saturated rings.